The maximum absolute atomic E-state index is 12.4. The van der Waals surface area contributed by atoms with Crippen LogP contribution in [0.4, 0.5) is 0 Å². The highest BCUT2D eigenvalue weighted by Gasteiger charge is 2.09. The molecule has 0 unspecified atom stereocenters. The fourth-order valence-corrected chi connectivity index (χ4v) is 3.31. The van der Waals surface area contributed by atoms with Crippen molar-refractivity contribution >= 4 is 29.1 Å². The quantitative estimate of drug-likeness (QED) is 0.416. The van der Waals surface area contributed by atoms with Crippen LogP contribution < -0.4 is 5.32 Å². The minimum Gasteiger partial charge on any atom is -0.348 e. The number of carbonyl (C=O) groups is 1. The first-order valence-electron chi connectivity index (χ1n) is 9.03. The number of nitrogens with zero attached hydrogens (tertiary/aromatic N) is 1. The van der Waals surface area contributed by atoms with E-state index in [0.29, 0.717) is 22.2 Å². The van der Waals surface area contributed by atoms with Crippen LogP contribution in [0.3, 0.4) is 0 Å². The van der Waals surface area contributed by atoms with Crippen LogP contribution in [0.25, 0.3) is 22.5 Å². The number of hydrogen-bond donors (Lipinski definition) is 2. The van der Waals surface area contributed by atoms with Crippen LogP contribution in [0.2, 0.25) is 10.0 Å². The Balaban J connectivity index is 1.43. The number of aromatic amines is 1. The van der Waals surface area contributed by atoms with Crippen molar-refractivity contribution in [1.82, 2.24) is 15.5 Å². The minimum atomic E-state index is -0.139. The summed E-state index contributed by atoms with van der Waals surface area (Å²) in [5.41, 5.74) is 5.18. The van der Waals surface area contributed by atoms with Gasteiger partial charge >= 0.3 is 0 Å². The van der Waals surface area contributed by atoms with Gasteiger partial charge in [-0.15, -0.1) is 0 Å². The summed E-state index contributed by atoms with van der Waals surface area (Å²) in [6, 6.07) is 24.3. The predicted molar refractivity (Wildman–Crippen MR) is 117 cm³/mol. The van der Waals surface area contributed by atoms with E-state index < -0.39 is 0 Å². The lowest BCUT2D eigenvalue weighted by Gasteiger charge is -2.06. The molecule has 144 valence electrons. The first-order chi connectivity index (χ1) is 14.1. The summed E-state index contributed by atoms with van der Waals surface area (Å²) in [6.07, 6.45) is 0. The second kappa shape index (κ2) is 8.52. The molecule has 4 aromatic rings. The zero-order chi connectivity index (χ0) is 20.2. The molecule has 0 bridgehead atoms. The van der Waals surface area contributed by atoms with E-state index in [9.17, 15) is 4.79 Å². The van der Waals surface area contributed by atoms with Crippen molar-refractivity contribution in [1.29, 1.82) is 0 Å². The van der Waals surface area contributed by atoms with Crippen LogP contribution in [0.1, 0.15) is 15.9 Å². The zero-order valence-electron chi connectivity index (χ0n) is 15.3. The van der Waals surface area contributed by atoms with E-state index in [1.807, 2.05) is 60.7 Å². The van der Waals surface area contributed by atoms with Gasteiger partial charge < -0.3 is 5.32 Å². The molecule has 3 aromatic carbocycles. The Kier molecular flexibility index (Phi) is 5.65. The van der Waals surface area contributed by atoms with Crippen LogP contribution in [0, 0.1) is 0 Å². The van der Waals surface area contributed by atoms with Gasteiger partial charge in [0.05, 0.1) is 11.4 Å². The predicted octanol–water partition coefficient (Wildman–Crippen LogP) is 5.98. The van der Waals surface area contributed by atoms with Gasteiger partial charge in [-0.05, 0) is 53.6 Å². The topological polar surface area (TPSA) is 57.8 Å². The molecule has 29 heavy (non-hydrogen) atoms. The van der Waals surface area contributed by atoms with Crippen molar-refractivity contribution < 1.29 is 4.79 Å². The minimum absolute atomic E-state index is 0.139. The van der Waals surface area contributed by atoms with E-state index in [2.05, 4.69) is 15.5 Å². The van der Waals surface area contributed by atoms with Crippen LogP contribution in [0.5, 0.6) is 0 Å². The molecular formula is C23H17Cl2N3O. The molecule has 1 amide bonds. The van der Waals surface area contributed by atoms with Crippen molar-refractivity contribution in [3.05, 3.63) is 100 Å². The van der Waals surface area contributed by atoms with Crippen molar-refractivity contribution in [2.45, 2.75) is 6.54 Å². The Labute approximate surface area is 178 Å². The van der Waals surface area contributed by atoms with Gasteiger partial charge in [-0.2, -0.15) is 5.10 Å². The SMILES string of the molecule is O=C(NCc1cccc(Cl)c1)c1ccc(-c2cc(-c3ccc(Cl)cc3)[nH]n2)cc1. The number of H-pyrrole nitrogens is 1. The third kappa shape index (κ3) is 4.67. The first-order valence-corrected chi connectivity index (χ1v) is 9.78. The molecule has 0 atom stereocenters. The van der Waals surface area contributed by atoms with Crippen molar-refractivity contribution in [3.63, 3.8) is 0 Å². The Bertz CT molecular complexity index is 1140. The summed E-state index contributed by atoms with van der Waals surface area (Å²) in [6.45, 7) is 0.422. The van der Waals surface area contributed by atoms with Crippen LogP contribution in [-0.2, 0) is 6.54 Å². The first kappa shape index (κ1) is 19.2. The fourth-order valence-electron chi connectivity index (χ4n) is 2.97. The molecule has 0 aliphatic heterocycles. The van der Waals surface area contributed by atoms with E-state index in [4.69, 9.17) is 23.2 Å². The van der Waals surface area contributed by atoms with Crippen LogP contribution in [-0.4, -0.2) is 16.1 Å². The molecule has 6 heteroatoms. The number of nitrogens with one attached hydrogen (secondary N) is 2. The standard InChI is InChI=1S/C23H17Cl2N3O/c24-19-10-8-17(9-11-19)22-13-21(27-28-22)16-4-6-18(7-5-16)23(29)26-14-15-2-1-3-20(25)12-15/h1-13H,14H2,(H,26,29)(H,27,28). The second-order valence-electron chi connectivity index (χ2n) is 6.56. The molecular weight excluding hydrogens is 405 g/mol. The summed E-state index contributed by atoms with van der Waals surface area (Å²) in [5.74, 6) is -0.139. The molecule has 0 fully saturated rings. The number of amides is 1. The molecule has 0 spiro atoms. The number of aromatic nitrogens is 2. The Morgan fingerprint density at radius 2 is 1.59 bits per heavy atom. The fraction of sp³-hybridized carbons (Fsp3) is 0.0435. The van der Waals surface area contributed by atoms with E-state index in [1.165, 1.54) is 0 Å². The summed E-state index contributed by atoms with van der Waals surface area (Å²) >= 11 is 11.9. The molecule has 0 aliphatic carbocycles. The Morgan fingerprint density at radius 3 is 2.31 bits per heavy atom. The maximum atomic E-state index is 12.4. The Morgan fingerprint density at radius 1 is 0.862 bits per heavy atom. The summed E-state index contributed by atoms with van der Waals surface area (Å²) < 4.78 is 0. The molecule has 4 nitrogen and oxygen atoms in total. The molecule has 0 radical (unpaired) electrons. The third-order valence-corrected chi connectivity index (χ3v) is 5.01. The molecule has 1 heterocycles. The second-order valence-corrected chi connectivity index (χ2v) is 7.44. The van der Waals surface area contributed by atoms with E-state index in [1.54, 1.807) is 18.2 Å². The maximum Gasteiger partial charge on any atom is 0.251 e. The van der Waals surface area contributed by atoms with Crippen molar-refractivity contribution in [2.75, 3.05) is 0 Å². The summed E-state index contributed by atoms with van der Waals surface area (Å²) in [5, 5.41) is 11.7. The zero-order valence-corrected chi connectivity index (χ0v) is 16.8. The lowest BCUT2D eigenvalue weighted by Crippen LogP contribution is -2.22. The average molecular weight is 422 g/mol. The molecule has 1 aromatic heterocycles. The van der Waals surface area contributed by atoms with Gasteiger partial charge in [-0.1, -0.05) is 59.6 Å². The van der Waals surface area contributed by atoms with Crippen molar-refractivity contribution in [2.24, 2.45) is 0 Å². The number of hydrogen-bond acceptors (Lipinski definition) is 2. The van der Waals surface area contributed by atoms with E-state index >= 15 is 0 Å². The van der Waals surface area contributed by atoms with Crippen LogP contribution in [0.15, 0.2) is 78.9 Å². The molecule has 0 saturated carbocycles. The smallest absolute Gasteiger partial charge is 0.251 e. The summed E-state index contributed by atoms with van der Waals surface area (Å²) in [7, 11) is 0. The van der Waals surface area contributed by atoms with E-state index in [-0.39, 0.29) is 5.91 Å². The normalized spacial score (nSPS) is 10.7. The lowest BCUT2D eigenvalue weighted by molar-refractivity contribution is 0.0951. The number of rotatable bonds is 5. The third-order valence-electron chi connectivity index (χ3n) is 4.52. The number of carbonyl (C=O) groups excluding carboxylic acids is 1. The van der Waals surface area contributed by atoms with Crippen LogP contribution >= 0.6 is 23.2 Å². The number of halogens is 2. The molecule has 2 N–H and O–H groups in total. The van der Waals surface area contributed by atoms with Gasteiger partial charge in [0.2, 0.25) is 0 Å². The van der Waals surface area contributed by atoms with Crippen molar-refractivity contribution in [3.8, 4) is 22.5 Å². The number of benzene rings is 3. The highest BCUT2D eigenvalue weighted by atomic mass is 35.5. The summed E-state index contributed by atoms with van der Waals surface area (Å²) in [4.78, 5) is 12.4. The van der Waals surface area contributed by atoms with Gasteiger partial charge in [-0.3, -0.25) is 9.89 Å². The lowest BCUT2D eigenvalue weighted by atomic mass is 10.1. The highest BCUT2D eigenvalue weighted by Crippen LogP contribution is 2.25. The monoisotopic (exact) mass is 421 g/mol. The molecule has 0 saturated heterocycles. The Hall–Kier alpha value is -3.08. The van der Waals surface area contributed by atoms with Gasteiger partial charge in [0.25, 0.3) is 5.91 Å². The van der Waals surface area contributed by atoms with Gasteiger partial charge in [-0.25, -0.2) is 0 Å². The van der Waals surface area contributed by atoms with Gasteiger partial charge in [0.15, 0.2) is 0 Å². The van der Waals surface area contributed by atoms with Gasteiger partial charge in [0, 0.05) is 27.7 Å². The average Bonchev–Trinajstić information content (AvgIpc) is 3.23. The molecule has 0 aliphatic rings. The van der Waals surface area contributed by atoms with E-state index in [0.717, 1.165) is 28.1 Å². The van der Waals surface area contributed by atoms with Gasteiger partial charge in [0.1, 0.15) is 0 Å². The highest BCUT2D eigenvalue weighted by molar-refractivity contribution is 6.30. The molecule has 4 rings (SSSR count). The largest absolute Gasteiger partial charge is 0.348 e.